The number of hydrogen-bond acceptors (Lipinski definition) is 3. The molecule has 0 spiro atoms. The van der Waals surface area contributed by atoms with Gasteiger partial charge in [0.05, 0.1) is 16.7 Å². The van der Waals surface area contributed by atoms with Crippen LogP contribution in [0, 0.1) is 19.7 Å². The van der Waals surface area contributed by atoms with Crippen molar-refractivity contribution in [3.63, 3.8) is 0 Å². The number of para-hydroxylation sites is 1. The van der Waals surface area contributed by atoms with Crippen LogP contribution in [0.1, 0.15) is 11.1 Å². The molecular weight excluding hydrogens is 640 g/mol. The monoisotopic (exact) mass is 672 g/mol. The third-order valence-electron chi connectivity index (χ3n) is 9.58. The van der Waals surface area contributed by atoms with Crippen molar-refractivity contribution in [2.45, 2.75) is 13.8 Å². The van der Waals surface area contributed by atoms with Crippen LogP contribution >= 0.6 is 0 Å². The van der Waals surface area contributed by atoms with Crippen molar-refractivity contribution >= 4 is 21.8 Å². The number of benzene rings is 7. The number of hydrogen-bond donors (Lipinski definition) is 0. The van der Waals surface area contributed by atoms with E-state index >= 15 is 0 Å². The molecule has 0 fully saturated rings. The molecule has 52 heavy (non-hydrogen) atoms. The third-order valence-corrected chi connectivity index (χ3v) is 9.58. The maximum atomic E-state index is 14.3. The van der Waals surface area contributed by atoms with Crippen LogP contribution in [0.25, 0.3) is 83.9 Å². The van der Waals surface area contributed by atoms with Gasteiger partial charge in [-0.15, -0.1) is 0 Å². The predicted molar refractivity (Wildman–Crippen MR) is 211 cm³/mol. The number of aromatic nitrogens is 4. The molecule has 9 aromatic rings. The highest BCUT2D eigenvalue weighted by Gasteiger charge is 2.19. The van der Waals surface area contributed by atoms with E-state index in [2.05, 4.69) is 97.3 Å². The fourth-order valence-electron chi connectivity index (χ4n) is 7.22. The molecule has 0 saturated heterocycles. The molecule has 0 radical (unpaired) electrons. The number of fused-ring (bicyclic) bond motifs is 3. The Balaban J connectivity index is 1.33. The van der Waals surface area contributed by atoms with E-state index in [9.17, 15) is 4.39 Å². The van der Waals surface area contributed by atoms with Gasteiger partial charge in [-0.25, -0.2) is 19.3 Å². The molecule has 0 atom stereocenters. The molecule has 0 aliphatic heterocycles. The van der Waals surface area contributed by atoms with Gasteiger partial charge in [0.1, 0.15) is 5.82 Å². The van der Waals surface area contributed by atoms with Gasteiger partial charge >= 0.3 is 0 Å². The van der Waals surface area contributed by atoms with Gasteiger partial charge in [-0.05, 0) is 60.9 Å². The maximum Gasteiger partial charge on any atom is 0.164 e. The van der Waals surface area contributed by atoms with E-state index in [-0.39, 0.29) is 5.82 Å². The molecule has 0 N–H and O–H groups in total. The summed E-state index contributed by atoms with van der Waals surface area (Å²) in [4.78, 5) is 15.0. The largest absolute Gasteiger partial charge is 0.309 e. The van der Waals surface area contributed by atoms with Crippen molar-refractivity contribution in [1.29, 1.82) is 0 Å². The Morgan fingerprint density at radius 1 is 0.404 bits per heavy atom. The van der Waals surface area contributed by atoms with Crippen LogP contribution in [-0.4, -0.2) is 19.5 Å². The second-order valence-corrected chi connectivity index (χ2v) is 13.2. The molecule has 0 aliphatic rings. The number of rotatable bonds is 6. The van der Waals surface area contributed by atoms with Crippen molar-refractivity contribution in [2.75, 3.05) is 0 Å². The van der Waals surface area contributed by atoms with Gasteiger partial charge in [0, 0.05) is 33.0 Å². The summed E-state index contributed by atoms with van der Waals surface area (Å²) in [7, 11) is 0. The summed E-state index contributed by atoms with van der Waals surface area (Å²) >= 11 is 0. The lowest BCUT2D eigenvalue weighted by Gasteiger charge is -2.17. The highest BCUT2D eigenvalue weighted by atomic mass is 19.1. The van der Waals surface area contributed by atoms with Crippen molar-refractivity contribution in [1.82, 2.24) is 19.5 Å². The first-order valence-corrected chi connectivity index (χ1v) is 17.4. The van der Waals surface area contributed by atoms with Crippen LogP contribution in [0.3, 0.4) is 0 Å². The van der Waals surface area contributed by atoms with Gasteiger partial charge < -0.3 is 4.57 Å². The van der Waals surface area contributed by atoms with E-state index in [4.69, 9.17) is 15.0 Å². The Bertz CT molecular complexity index is 2670. The average molecular weight is 673 g/mol. The van der Waals surface area contributed by atoms with Crippen LogP contribution < -0.4 is 0 Å². The first-order valence-electron chi connectivity index (χ1n) is 17.4. The number of halogens is 1. The predicted octanol–water partition coefficient (Wildman–Crippen LogP) is 12.1. The summed E-state index contributed by atoms with van der Waals surface area (Å²) in [5, 5.41) is 2.30. The molecule has 4 nitrogen and oxygen atoms in total. The Hall–Kier alpha value is -6.72. The normalized spacial score (nSPS) is 11.4. The second kappa shape index (κ2) is 12.9. The Kier molecular flexibility index (Phi) is 7.74. The number of nitrogens with zero attached hydrogens (tertiary/aromatic N) is 4. The lowest BCUT2D eigenvalue weighted by molar-refractivity contribution is 0.628. The molecule has 0 unspecified atom stereocenters. The average Bonchev–Trinajstić information content (AvgIpc) is 3.52. The smallest absolute Gasteiger partial charge is 0.164 e. The summed E-state index contributed by atoms with van der Waals surface area (Å²) in [6, 6.07) is 54.9. The van der Waals surface area contributed by atoms with Crippen LogP contribution in [0.2, 0.25) is 0 Å². The molecule has 0 amide bonds. The van der Waals surface area contributed by atoms with E-state index < -0.39 is 0 Å². The van der Waals surface area contributed by atoms with Crippen LogP contribution in [-0.2, 0) is 0 Å². The molecule has 7 aromatic carbocycles. The van der Waals surface area contributed by atoms with Crippen LogP contribution in [0.5, 0.6) is 0 Å². The molecule has 248 valence electrons. The topological polar surface area (TPSA) is 43.6 Å². The van der Waals surface area contributed by atoms with Crippen molar-refractivity contribution in [2.24, 2.45) is 0 Å². The van der Waals surface area contributed by atoms with E-state index in [0.29, 0.717) is 17.5 Å². The summed E-state index contributed by atoms with van der Waals surface area (Å²) in [6.07, 6.45) is 0. The zero-order valence-electron chi connectivity index (χ0n) is 28.8. The Morgan fingerprint density at radius 2 is 0.942 bits per heavy atom. The minimum Gasteiger partial charge on any atom is -0.309 e. The molecule has 9 rings (SSSR count). The molecule has 2 aromatic heterocycles. The minimum atomic E-state index is -0.274. The molecular formula is C47H33FN4. The van der Waals surface area contributed by atoms with Gasteiger partial charge in [-0.2, -0.15) is 0 Å². The molecule has 0 bridgehead atoms. The second-order valence-electron chi connectivity index (χ2n) is 13.2. The van der Waals surface area contributed by atoms with Gasteiger partial charge in [0.15, 0.2) is 17.5 Å². The molecule has 0 saturated carbocycles. The van der Waals surface area contributed by atoms with Crippen LogP contribution in [0.15, 0.2) is 164 Å². The highest BCUT2D eigenvalue weighted by Crippen LogP contribution is 2.40. The fraction of sp³-hybridized carbons (Fsp3) is 0.0426. The minimum absolute atomic E-state index is 0.274. The SMILES string of the molecule is Cc1cc(C)cc(-c2ccc3c4ccccc4n(-c4cc(-c5nc(-c6ccccc6)nc(-c6ccccc6)n5)ccc4-c4ccc(F)cc4)c3c2)c1. The molecule has 0 aliphatic carbocycles. The molecule has 5 heteroatoms. The zero-order valence-corrected chi connectivity index (χ0v) is 28.8. The first kappa shape index (κ1) is 31.3. The van der Waals surface area contributed by atoms with E-state index in [1.165, 1.54) is 28.8 Å². The summed E-state index contributed by atoms with van der Waals surface area (Å²) < 4.78 is 16.6. The van der Waals surface area contributed by atoms with Gasteiger partial charge in [-0.1, -0.05) is 145 Å². The highest BCUT2D eigenvalue weighted by molar-refractivity contribution is 6.11. The Labute approximate surface area is 301 Å². The quantitative estimate of drug-likeness (QED) is 0.177. The lowest BCUT2D eigenvalue weighted by atomic mass is 9.99. The van der Waals surface area contributed by atoms with E-state index in [1.54, 1.807) is 0 Å². The van der Waals surface area contributed by atoms with Crippen molar-refractivity contribution in [3.8, 4) is 62.1 Å². The first-order chi connectivity index (χ1) is 25.5. The standard InChI is InChI=1S/C47H33FN4/c1-30-25-31(2)27-37(26-30)35-19-24-41-40-15-9-10-16-42(40)52(44(41)28-35)43-29-36(20-23-39(43)32-17-21-38(48)22-18-32)47-50-45(33-11-5-3-6-12-33)49-46(51-47)34-13-7-4-8-14-34/h3-29H,1-2H3. The number of aryl methyl sites for hydroxylation is 2. The van der Waals surface area contributed by atoms with E-state index in [1.807, 2.05) is 72.8 Å². The third kappa shape index (κ3) is 5.72. The van der Waals surface area contributed by atoms with Gasteiger partial charge in [-0.3, -0.25) is 0 Å². The Morgan fingerprint density at radius 3 is 1.60 bits per heavy atom. The maximum absolute atomic E-state index is 14.3. The van der Waals surface area contributed by atoms with Gasteiger partial charge in [0.2, 0.25) is 0 Å². The fourth-order valence-corrected chi connectivity index (χ4v) is 7.22. The van der Waals surface area contributed by atoms with Gasteiger partial charge in [0.25, 0.3) is 0 Å². The lowest BCUT2D eigenvalue weighted by Crippen LogP contribution is -2.02. The summed E-state index contributed by atoms with van der Waals surface area (Å²) in [5.41, 5.74) is 12.4. The van der Waals surface area contributed by atoms with Crippen molar-refractivity contribution in [3.05, 3.63) is 181 Å². The summed E-state index contributed by atoms with van der Waals surface area (Å²) in [5.74, 6) is 1.49. The summed E-state index contributed by atoms with van der Waals surface area (Å²) in [6.45, 7) is 4.28. The zero-order chi connectivity index (χ0) is 35.2. The molecule has 2 heterocycles. The van der Waals surface area contributed by atoms with E-state index in [0.717, 1.165) is 60.9 Å². The van der Waals surface area contributed by atoms with Crippen LogP contribution in [0.4, 0.5) is 4.39 Å². The van der Waals surface area contributed by atoms with Crippen molar-refractivity contribution < 1.29 is 4.39 Å².